The number of ether oxygens (including phenoxy) is 2. The number of benzene rings is 1. The Morgan fingerprint density at radius 2 is 2.07 bits per heavy atom. The van der Waals surface area contributed by atoms with E-state index in [1.807, 2.05) is 22.8 Å². The number of hydrogen-bond donors (Lipinski definition) is 1. The van der Waals surface area contributed by atoms with Crippen molar-refractivity contribution in [3.63, 3.8) is 0 Å². The van der Waals surface area contributed by atoms with Crippen molar-refractivity contribution in [1.29, 1.82) is 0 Å². The number of rotatable bonds is 9. The van der Waals surface area contributed by atoms with Gasteiger partial charge in [-0.25, -0.2) is 0 Å². The van der Waals surface area contributed by atoms with Crippen molar-refractivity contribution in [2.45, 2.75) is 11.7 Å². The molecule has 2 aromatic heterocycles. The van der Waals surface area contributed by atoms with Gasteiger partial charge >= 0.3 is 0 Å². The second-order valence-electron chi connectivity index (χ2n) is 5.94. The smallest absolute Gasteiger partial charge is 0.234 e. The largest absolute Gasteiger partial charge is 0.495 e. The van der Waals surface area contributed by atoms with E-state index in [2.05, 4.69) is 27.1 Å². The Hall–Kier alpha value is -3.04. The standard InChI is InChI=1S/C20H20ClN5O3S/c1-4-9-26-19(14-7-5-6-8-22-14)24-25-20(26)30-12-18(27)23-15-11-16(28-2)13(21)10-17(15)29-3/h4-8,10-11H,1,9,12H2,2-3H3,(H,23,27). The predicted molar refractivity (Wildman–Crippen MR) is 117 cm³/mol. The molecule has 3 rings (SSSR count). The van der Waals surface area contributed by atoms with Gasteiger partial charge in [0.05, 0.1) is 30.7 Å². The van der Waals surface area contributed by atoms with Crippen molar-refractivity contribution in [2.75, 3.05) is 25.3 Å². The van der Waals surface area contributed by atoms with Crippen LogP contribution in [0.15, 0.2) is 54.3 Å². The van der Waals surface area contributed by atoms with Crippen LogP contribution in [0.4, 0.5) is 5.69 Å². The van der Waals surface area contributed by atoms with Crippen LogP contribution in [0.3, 0.4) is 0 Å². The zero-order valence-electron chi connectivity index (χ0n) is 16.5. The molecule has 0 unspecified atom stereocenters. The zero-order valence-corrected chi connectivity index (χ0v) is 18.0. The van der Waals surface area contributed by atoms with Crippen molar-refractivity contribution in [2.24, 2.45) is 0 Å². The highest BCUT2D eigenvalue weighted by Crippen LogP contribution is 2.36. The van der Waals surface area contributed by atoms with E-state index in [1.165, 1.54) is 26.0 Å². The Bertz CT molecular complexity index is 1040. The summed E-state index contributed by atoms with van der Waals surface area (Å²) >= 11 is 7.37. The number of allylic oxidation sites excluding steroid dienone is 1. The lowest BCUT2D eigenvalue weighted by molar-refractivity contribution is -0.113. The molecule has 0 atom stereocenters. The van der Waals surface area contributed by atoms with E-state index in [9.17, 15) is 4.79 Å². The number of anilines is 1. The van der Waals surface area contributed by atoms with E-state index in [4.69, 9.17) is 21.1 Å². The maximum Gasteiger partial charge on any atom is 0.234 e. The van der Waals surface area contributed by atoms with Crippen LogP contribution in [0, 0.1) is 0 Å². The van der Waals surface area contributed by atoms with E-state index in [1.54, 1.807) is 24.4 Å². The van der Waals surface area contributed by atoms with Gasteiger partial charge in [-0.3, -0.25) is 14.3 Å². The van der Waals surface area contributed by atoms with Gasteiger partial charge in [0.15, 0.2) is 11.0 Å². The van der Waals surface area contributed by atoms with E-state index >= 15 is 0 Å². The molecule has 10 heteroatoms. The molecule has 0 aliphatic carbocycles. The molecule has 2 heterocycles. The highest BCUT2D eigenvalue weighted by Gasteiger charge is 2.17. The monoisotopic (exact) mass is 445 g/mol. The second kappa shape index (κ2) is 10.1. The summed E-state index contributed by atoms with van der Waals surface area (Å²) in [7, 11) is 3.00. The first kappa shape index (κ1) is 21.7. The number of thioether (sulfide) groups is 1. The molecule has 1 aromatic carbocycles. The van der Waals surface area contributed by atoms with Crippen LogP contribution in [-0.4, -0.2) is 45.6 Å². The Kier molecular flexibility index (Phi) is 7.31. The number of nitrogens with zero attached hydrogens (tertiary/aromatic N) is 4. The molecule has 8 nitrogen and oxygen atoms in total. The molecule has 0 spiro atoms. The number of pyridine rings is 1. The summed E-state index contributed by atoms with van der Waals surface area (Å²) in [6, 6.07) is 8.76. The van der Waals surface area contributed by atoms with Crippen LogP contribution in [0.2, 0.25) is 5.02 Å². The van der Waals surface area contributed by atoms with E-state index in [0.717, 1.165) is 0 Å². The van der Waals surface area contributed by atoms with Crippen LogP contribution >= 0.6 is 23.4 Å². The first-order valence-electron chi connectivity index (χ1n) is 8.87. The molecule has 1 N–H and O–H groups in total. The summed E-state index contributed by atoms with van der Waals surface area (Å²) in [6.07, 6.45) is 3.43. The minimum absolute atomic E-state index is 0.117. The molecule has 3 aromatic rings. The lowest BCUT2D eigenvalue weighted by Gasteiger charge is -2.13. The van der Waals surface area contributed by atoms with Crippen LogP contribution in [0.25, 0.3) is 11.5 Å². The molecule has 0 bridgehead atoms. The SMILES string of the molecule is C=CCn1c(SCC(=O)Nc2cc(OC)c(Cl)cc2OC)nnc1-c1ccccn1. The molecule has 0 radical (unpaired) electrons. The summed E-state index contributed by atoms with van der Waals surface area (Å²) in [5, 5.41) is 12.2. The molecule has 0 fully saturated rings. The Morgan fingerprint density at radius 1 is 1.27 bits per heavy atom. The highest BCUT2D eigenvalue weighted by atomic mass is 35.5. The first-order chi connectivity index (χ1) is 14.6. The molecule has 0 saturated carbocycles. The lowest BCUT2D eigenvalue weighted by Crippen LogP contribution is -2.15. The molecular formula is C20H20ClN5O3S. The lowest BCUT2D eigenvalue weighted by atomic mass is 10.2. The van der Waals surface area contributed by atoms with Crippen molar-refractivity contribution in [3.8, 4) is 23.0 Å². The highest BCUT2D eigenvalue weighted by molar-refractivity contribution is 7.99. The van der Waals surface area contributed by atoms with E-state index in [-0.39, 0.29) is 11.7 Å². The van der Waals surface area contributed by atoms with Crippen molar-refractivity contribution >= 4 is 35.0 Å². The van der Waals surface area contributed by atoms with Gasteiger partial charge in [0.25, 0.3) is 0 Å². The third kappa shape index (κ3) is 4.92. The van der Waals surface area contributed by atoms with E-state index < -0.39 is 0 Å². The summed E-state index contributed by atoms with van der Waals surface area (Å²) in [6.45, 7) is 4.27. The first-order valence-corrected chi connectivity index (χ1v) is 10.2. The number of amides is 1. The number of nitrogens with one attached hydrogen (secondary N) is 1. The van der Waals surface area contributed by atoms with Gasteiger partial charge in [-0.15, -0.1) is 16.8 Å². The van der Waals surface area contributed by atoms with Crippen LogP contribution < -0.4 is 14.8 Å². The number of halogens is 1. The Balaban J connectivity index is 1.74. The van der Waals surface area contributed by atoms with Gasteiger partial charge in [0, 0.05) is 24.9 Å². The molecule has 1 amide bonds. The predicted octanol–water partition coefficient (Wildman–Crippen LogP) is 3.93. The maximum absolute atomic E-state index is 12.5. The van der Waals surface area contributed by atoms with Gasteiger partial charge in [-0.1, -0.05) is 35.5 Å². The number of carbonyl (C=O) groups is 1. The molecule has 0 saturated heterocycles. The average molecular weight is 446 g/mol. The molecule has 156 valence electrons. The van der Waals surface area contributed by atoms with Crippen LogP contribution in [0.1, 0.15) is 0 Å². The van der Waals surface area contributed by atoms with E-state index in [0.29, 0.717) is 45.4 Å². The summed E-state index contributed by atoms with van der Waals surface area (Å²) in [5.74, 6) is 1.36. The van der Waals surface area contributed by atoms with Crippen molar-refractivity contribution in [1.82, 2.24) is 19.7 Å². The maximum atomic E-state index is 12.5. The molecule has 0 aliphatic rings. The van der Waals surface area contributed by atoms with Gasteiger partial charge in [-0.05, 0) is 12.1 Å². The zero-order chi connectivity index (χ0) is 21.5. The normalized spacial score (nSPS) is 10.5. The summed E-state index contributed by atoms with van der Waals surface area (Å²) < 4.78 is 12.3. The van der Waals surface area contributed by atoms with Crippen molar-refractivity contribution in [3.05, 3.63) is 54.2 Å². The number of methoxy groups -OCH3 is 2. The summed E-state index contributed by atoms with van der Waals surface area (Å²) in [4.78, 5) is 16.8. The quantitative estimate of drug-likeness (QED) is 0.394. The molecular weight excluding hydrogens is 426 g/mol. The minimum atomic E-state index is -0.241. The van der Waals surface area contributed by atoms with Gasteiger partial charge in [-0.2, -0.15) is 0 Å². The minimum Gasteiger partial charge on any atom is -0.495 e. The fraction of sp³-hybridized carbons (Fsp3) is 0.200. The Morgan fingerprint density at radius 3 is 2.73 bits per heavy atom. The Labute approximate surface area is 183 Å². The van der Waals surface area contributed by atoms with Crippen LogP contribution in [0.5, 0.6) is 11.5 Å². The van der Waals surface area contributed by atoms with Gasteiger partial charge < -0.3 is 14.8 Å². The summed E-state index contributed by atoms with van der Waals surface area (Å²) in [5.41, 5.74) is 1.16. The average Bonchev–Trinajstić information content (AvgIpc) is 3.16. The third-order valence-corrected chi connectivity index (χ3v) is 5.27. The fourth-order valence-electron chi connectivity index (χ4n) is 2.65. The number of carbonyl (C=O) groups excluding carboxylic acids is 1. The number of hydrogen-bond acceptors (Lipinski definition) is 7. The van der Waals surface area contributed by atoms with Crippen LogP contribution in [-0.2, 0) is 11.3 Å². The van der Waals surface area contributed by atoms with Gasteiger partial charge in [0.2, 0.25) is 5.91 Å². The van der Waals surface area contributed by atoms with Crippen molar-refractivity contribution < 1.29 is 14.3 Å². The molecule has 30 heavy (non-hydrogen) atoms. The van der Waals surface area contributed by atoms with Gasteiger partial charge in [0.1, 0.15) is 17.2 Å². The number of aromatic nitrogens is 4. The molecule has 0 aliphatic heterocycles. The second-order valence-corrected chi connectivity index (χ2v) is 7.29. The fourth-order valence-corrected chi connectivity index (χ4v) is 3.63. The topological polar surface area (TPSA) is 91.2 Å². The third-order valence-electron chi connectivity index (χ3n) is 4.00.